The molecule has 1 aromatic carbocycles. The van der Waals surface area contributed by atoms with Crippen LogP contribution in [0.2, 0.25) is 0 Å². The zero-order chi connectivity index (χ0) is 11.4. The summed E-state index contributed by atoms with van der Waals surface area (Å²) in [5.41, 5.74) is 1.34. The van der Waals surface area contributed by atoms with E-state index in [1.807, 2.05) is 6.92 Å². The number of carbonyl (C=O) groups is 1. The van der Waals surface area contributed by atoms with E-state index >= 15 is 0 Å². The molecule has 0 heterocycles. The maximum Gasteiger partial charge on any atom is 0.307 e. The molecule has 0 spiro atoms. The molecule has 4 heteroatoms. The molecule has 1 atom stereocenters. The van der Waals surface area contributed by atoms with E-state index in [0.29, 0.717) is 11.1 Å². The van der Waals surface area contributed by atoms with Gasteiger partial charge in [-0.15, -0.1) is 0 Å². The number of benzene rings is 1. The molecule has 0 aliphatic heterocycles. The number of hydrogen-bond donors (Lipinski definition) is 2. The SMILES string of the molecule is CN[C@H](C)c1cc(F)ccc1CC(=O)O. The van der Waals surface area contributed by atoms with Crippen LogP contribution in [0.1, 0.15) is 24.1 Å². The highest BCUT2D eigenvalue weighted by atomic mass is 19.1. The number of rotatable bonds is 4. The molecular weight excluding hydrogens is 197 g/mol. The second kappa shape index (κ2) is 4.89. The van der Waals surface area contributed by atoms with Crippen molar-refractivity contribution in [1.29, 1.82) is 0 Å². The Kier molecular flexibility index (Phi) is 3.80. The Morgan fingerprint density at radius 2 is 2.27 bits per heavy atom. The van der Waals surface area contributed by atoms with E-state index in [1.165, 1.54) is 18.2 Å². The first-order chi connectivity index (χ1) is 7.04. The van der Waals surface area contributed by atoms with E-state index in [4.69, 9.17) is 5.11 Å². The molecule has 0 fully saturated rings. The summed E-state index contributed by atoms with van der Waals surface area (Å²) in [6.07, 6.45) is -0.0817. The molecule has 2 N–H and O–H groups in total. The van der Waals surface area contributed by atoms with Crippen LogP contribution in [-0.2, 0) is 11.2 Å². The molecule has 0 aliphatic rings. The predicted octanol–water partition coefficient (Wildman–Crippen LogP) is 1.73. The van der Waals surface area contributed by atoms with E-state index < -0.39 is 5.97 Å². The fourth-order valence-corrected chi connectivity index (χ4v) is 1.45. The minimum atomic E-state index is -0.911. The topological polar surface area (TPSA) is 49.3 Å². The van der Waals surface area contributed by atoms with Gasteiger partial charge >= 0.3 is 5.97 Å². The molecule has 1 rings (SSSR count). The van der Waals surface area contributed by atoms with Crippen LogP contribution in [0.3, 0.4) is 0 Å². The average Bonchev–Trinajstić information content (AvgIpc) is 2.19. The average molecular weight is 211 g/mol. The van der Waals surface area contributed by atoms with E-state index in [-0.39, 0.29) is 18.3 Å². The van der Waals surface area contributed by atoms with Gasteiger partial charge in [-0.05, 0) is 37.2 Å². The lowest BCUT2D eigenvalue weighted by Gasteiger charge is -2.14. The van der Waals surface area contributed by atoms with Crippen molar-refractivity contribution >= 4 is 5.97 Å². The molecule has 0 saturated heterocycles. The maximum atomic E-state index is 13.0. The third kappa shape index (κ3) is 3.02. The van der Waals surface area contributed by atoms with Gasteiger partial charge < -0.3 is 10.4 Å². The van der Waals surface area contributed by atoms with Crippen LogP contribution in [0.25, 0.3) is 0 Å². The third-order valence-electron chi connectivity index (χ3n) is 2.35. The molecule has 15 heavy (non-hydrogen) atoms. The number of carboxylic acids is 1. The minimum absolute atomic E-state index is 0.0601. The monoisotopic (exact) mass is 211 g/mol. The Balaban J connectivity index is 3.08. The van der Waals surface area contributed by atoms with E-state index in [9.17, 15) is 9.18 Å². The summed E-state index contributed by atoms with van der Waals surface area (Å²) in [5.74, 6) is -1.26. The summed E-state index contributed by atoms with van der Waals surface area (Å²) < 4.78 is 13.0. The normalized spacial score (nSPS) is 12.5. The van der Waals surface area contributed by atoms with Crippen molar-refractivity contribution in [2.75, 3.05) is 7.05 Å². The lowest BCUT2D eigenvalue weighted by atomic mass is 9.99. The van der Waals surface area contributed by atoms with Crippen LogP contribution in [0.4, 0.5) is 4.39 Å². The van der Waals surface area contributed by atoms with Crippen molar-refractivity contribution in [1.82, 2.24) is 5.32 Å². The first-order valence-corrected chi connectivity index (χ1v) is 4.72. The van der Waals surface area contributed by atoms with Gasteiger partial charge in [-0.3, -0.25) is 4.79 Å². The molecule has 0 aliphatic carbocycles. The van der Waals surface area contributed by atoms with Gasteiger partial charge in [-0.2, -0.15) is 0 Å². The van der Waals surface area contributed by atoms with Crippen LogP contribution in [0.5, 0.6) is 0 Å². The summed E-state index contributed by atoms with van der Waals surface area (Å²) in [7, 11) is 1.75. The number of carboxylic acid groups (broad SMARTS) is 1. The summed E-state index contributed by atoms with van der Waals surface area (Å²) in [5, 5.41) is 11.7. The van der Waals surface area contributed by atoms with Crippen LogP contribution < -0.4 is 5.32 Å². The van der Waals surface area contributed by atoms with Crippen LogP contribution in [-0.4, -0.2) is 18.1 Å². The number of nitrogens with one attached hydrogen (secondary N) is 1. The number of aliphatic carboxylic acids is 1. The molecule has 0 amide bonds. The molecule has 0 bridgehead atoms. The minimum Gasteiger partial charge on any atom is -0.481 e. The zero-order valence-electron chi connectivity index (χ0n) is 8.75. The molecule has 0 aromatic heterocycles. The van der Waals surface area contributed by atoms with Crippen molar-refractivity contribution in [3.05, 3.63) is 35.1 Å². The van der Waals surface area contributed by atoms with Gasteiger partial charge in [0.15, 0.2) is 0 Å². The van der Waals surface area contributed by atoms with E-state index in [0.717, 1.165) is 0 Å². The van der Waals surface area contributed by atoms with E-state index in [2.05, 4.69) is 5.32 Å². The predicted molar refractivity (Wildman–Crippen MR) is 55.2 cm³/mol. The number of hydrogen-bond acceptors (Lipinski definition) is 2. The summed E-state index contributed by atoms with van der Waals surface area (Å²) in [6, 6.07) is 4.12. The molecule has 0 unspecified atom stereocenters. The highest BCUT2D eigenvalue weighted by Crippen LogP contribution is 2.19. The summed E-state index contributed by atoms with van der Waals surface area (Å²) >= 11 is 0. The van der Waals surface area contributed by atoms with Crippen molar-refractivity contribution in [3.63, 3.8) is 0 Å². The highest BCUT2D eigenvalue weighted by molar-refractivity contribution is 5.70. The first kappa shape index (κ1) is 11.7. The maximum absolute atomic E-state index is 13.0. The highest BCUT2D eigenvalue weighted by Gasteiger charge is 2.12. The summed E-state index contributed by atoms with van der Waals surface area (Å²) in [6.45, 7) is 1.86. The van der Waals surface area contributed by atoms with Crippen molar-refractivity contribution in [3.8, 4) is 0 Å². The van der Waals surface area contributed by atoms with Crippen LogP contribution in [0, 0.1) is 5.82 Å². The third-order valence-corrected chi connectivity index (χ3v) is 2.35. The first-order valence-electron chi connectivity index (χ1n) is 4.72. The zero-order valence-corrected chi connectivity index (χ0v) is 8.75. The second-order valence-electron chi connectivity index (χ2n) is 3.42. The molecular formula is C11H14FNO2. The molecule has 0 radical (unpaired) electrons. The van der Waals surface area contributed by atoms with Crippen molar-refractivity contribution in [2.24, 2.45) is 0 Å². The van der Waals surface area contributed by atoms with Gasteiger partial charge in [0, 0.05) is 6.04 Å². The Bertz CT molecular complexity index is 366. The van der Waals surface area contributed by atoms with Gasteiger partial charge in [0.1, 0.15) is 5.82 Å². The second-order valence-corrected chi connectivity index (χ2v) is 3.42. The van der Waals surface area contributed by atoms with Gasteiger partial charge in [0.2, 0.25) is 0 Å². The lowest BCUT2D eigenvalue weighted by molar-refractivity contribution is -0.136. The largest absolute Gasteiger partial charge is 0.481 e. The van der Waals surface area contributed by atoms with Crippen LogP contribution >= 0.6 is 0 Å². The van der Waals surface area contributed by atoms with Crippen molar-refractivity contribution in [2.45, 2.75) is 19.4 Å². The molecule has 3 nitrogen and oxygen atoms in total. The molecule has 82 valence electrons. The van der Waals surface area contributed by atoms with Gasteiger partial charge in [0.05, 0.1) is 6.42 Å². The smallest absolute Gasteiger partial charge is 0.307 e. The van der Waals surface area contributed by atoms with Gasteiger partial charge in [-0.25, -0.2) is 4.39 Å². The van der Waals surface area contributed by atoms with E-state index in [1.54, 1.807) is 7.05 Å². The lowest BCUT2D eigenvalue weighted by Crippen LogP contribution is -2.16. The Hall–Kier alpha value is -1.42. The fourth-order valence-electron chi connectivity index (χ4n) is 1.45. The fraction of sp³-hybridized carbons (Fsp3) is 0.364. The number of halogens is 1. The van der Waals surface area contributed by atoms with Gasteiger partial charge in [-0.1, -0.05) is 6.07 Å². The molecule has 0 saturated carbocycles. The van der Waals surface area contributed by atoms with Crippen molar-refractivity contribution < 1.29 is 14.3 Å². The molecule has 1 aromatic rings. The van der Waals surface area contributed by atoms with Gasteiger partial charge in [0.25, 0.3) is 0 Å². The van der Waals surface area contributed by atoms with Crippen LogP contribution in [0.15, 0.2) is 18.2 Å². The Morgan fingerprint density at radius 1 is 1.60 bits per heavy atom. The Labute approximate surface area is 87.9 Å². The standard InChI is InChI=1S/C11H14FNO2/c1-7(13-2)10-6-9(12)4-3-8(10)5-11(14)15/h3-4,6-7,13H,5H2,1-2H3,(H,14,15)/t7-/m1/s1. The Morgan fingerprint density at radius 3 is 2.80 bits per heavy atom. The quantitative estimate of drug-likeness (QED) is 0.797. The summed E-state index contributed by atoms with van der Waals surface area (Å²) in [4.78, 5) is 10.6.